The summed E-state index contributed by atoms with van der Waals surface area (Å²) in [4.78, 5) is 12.4. The summed E-state index contributed by atoms with van der Waals surface area (Å²) in [6.45, 7) is 2.04. The number of nitrogens with zero attached hydrogens (tertiary/aromatic N) is 1. The molecule has 0 atom stereocenters. The van der Waals surface area contributed by atoms with Gasteiger partial charge in [0.05, 0.1) is 0 Å². The zero-order valence-corrected chi connectivity index (χ0v) is 12.1. The van der Waals surface area contributed by atoms with E-state index in [1.807, 2.05) is 19.1 Å². The predicted octanol–water partition coefficient (Wildman–Crippen LogP) is 2.55. The first-order valence-corrected chi connectivity index (χ1v) is 6.82. The van der Waals surface area contributed by atoms with Crippen molar-refractivity contribution in [2.24, 2.45) is 22.2 Å². The predicted molar refractivity (Wildman–Crippen MR) is 77.0 cm³/mol. The Labute approximate surface area is 120 Å². The Morgan fingerprint density at radius 1 is 1.58 bits per heavy atom. The van der Waals surface area contributed by atoms with Crippen LogP contribution in [0.15, 0.2) is 33.9 Å². The number of carbonyl (C=O) groups is 1. The Kier molecular flexibility index (Phi) is 3.80. The molecule has 1 aliphatic rings. The fourth-order valence-corrected chi connectivity index (χ4v) is 2.95. The van der Waals surface area contributed by atoms with Crippen LogP contribution in [0.1, 0.15) is 19.8 Å². The maximum Gasteiger partial charge on any atom is 0.238 e. The van der Waals surface area contributed by atoms with Crippen molar-refractivity contribution in [3.05, 3.63) is 28.7 Å². The normalized spacial score (nSPS) is 26.6. The van der Waals surface area contributed by atoms with Crippen molar-refractivity contribution < 1.29 is 10.0 Å². The number of halogens is 1. The minimum absolute atomic E-state index is 0.0157. The molecule has 1 saturated carbocycles. The van der Waals surface area contributed by atoms with E-state index in [-0.39, 0.29) is 11.7 Å². The molecule has 19 heavy (non-hydrogen) atoms. The average molecular weight is 326 g/mol. The molecule has 0 aliphatic heterocycles. The highest BCUT2D eigenvalue weighted by molar-refractivity contribution is 9.10. The van der Waals surface area contributed by atoms with Crippen molar-refractivity contribution in [3.8, 4) is 0 Å². The van der Waals surface area contributed by atoms with E-state index in [0.29, 0.717) is 24.4 Å². The van der Waals surface area contributed by atoms with Crippen LogP contribution in [-0.2, 0) is 4.79 Å². The highest BCUT2D eigenvalue weighted by Crippen LogP contribution is 2.46. The molecule has 0 radical (unpaired) electrons. The van der Waals surface area contributed by atoms with Crippen LogP contribution in [0.4, 0.5) is 5.69 Å². The summed E-state index contributed by atoms with van der Waals surface area (Å²) in [5.41, 5.74) is 5.50. The third-order valence-electron chi connectivity index (χ3n) is 3.51. The van der Waals surface area contributed by atoms with Gasteiger partial charge in [0.25, 0.3) is 0 Å². The molecule has 1 aromatic rings. The second-order valence-electron chi connectivity index (χ2n) is 5.05. The van der Waals surface area contributed by atoms with Crippen molar-refractivity contribution in [1.29, 1.82) is 0 Å². The molecule has 4 N–H and O–H groups in total. The number of anilines is 1. The maximum atomic E-state index is 12.4. The Hall–Kier alpha value is -1.56. The topological polar surface area (TPSA) is 87.7 Å². The summed E-state index contributed by atoms with van der Waals surface area (Å²) >= 11 is 3.35. The van der Waals surface area contributed by atoms with Gasteiger partial charge in [-0.2, -0.15) is 0 Å². The minimum Gasteiger partial charge on any atom is -0.409 e. The summed E-state index contributed by atoms with van der Waals surface area (Å²) < 4.78 is 0.880. The number of amides is 1. The number of oxime groups is 1. The van der Waals surface area contributed by atoms with Gasteiger partial charge in [0.2, 0.25) is 5.91 Å². The van der Waals surface area contributed by atoms with E-state index in [1.165, 1.54) is 0 Å². The lowest BCUT2D eigenvalue weighted by Crippen LogP contribution is -2.54. The Bertz CT molecular complexity index is 524. The highest BCUT2D eigenvalue weighted by Gasteiger charge is 2.52. The molecule has 0 unspecified atom stereocenters. The first-order chi connectivity index (χ1) is 8.98. The monoisotopic (exact) mass is 325 g/mol. The van der Waals surface area contributed by atoms with Crippen molar-refractivity contribution >= 4 is 33.4 Å². The van der Waals surface area contributed by atoms with Gasteiger partial charge in [-0.3, -0.25) is 4.79 Å². The standard InChI is InChI=1S/C13H16BrN3O2/c1-8-6-13(7-8,11(15)17-19)12(18)16-10-4-2-3-9(14)5-10/h2-5,8,19H,6-7H2,1H3,(H2,15,17)(H,16,18). The van der Waals surface area contributed by atoms with Crippen LogP contribution < -0.4 is 11.1 Å². The second kappa shape index (κ2) is 5.21. The van der Waals surface area contributed by atoms with E-state index in [1.54, 1.807) is 12.1 Å². The number of hydrogen-bond donors (Lipinski definition) is 3. The number of benzene rings is 1. The van der Waals surface area contributed by atoms with Crippen LogP contribution in [0.25, 0.3) is 0 Å². The summed E-state index contributed by atoms with van der Waals surface area (Å²) in [5, 5.41) is 14.7. The molecule has 6 heteroatoms. The van der Waals surface area contributed by atoms with Crippen molar-refractivity contribution in [3.63, 3.8) is 0 Å². The van der Waals surface area contributed by atoms with E-state index in [9.17, 15) is 4.79 Å². The number of amidine groups is 1. The molecule has 102 valence electrons. The quantitative estimate of drug-likeness (QED) is 0.345. The number of nitrogens with one attached hydrogen (secondary N) is 1. The van der Waals surface area contributed by atoms with Crippen molar-refractivity contribution in [1.82, 2.24) is 0 Å². The van der Waals surface area contributed by atoms with E-state index >= 15 is 0 Å². The first kappa shape index (κ1) is 13.9. The lowest BCUT2D eigenvalue weighted by Gasteiger charge is -2.43. The summed E-state index contributed by atoms with van der Waals surface area (Å²) in [6.07, 6.45) is 1.20. The smallest absolute Gasteiger partial charge is 0.238 e. The average Bonchev–Trinajstić information content (AvgIpc) is 2.33. The van der Waals surface area contributed by atoms with Crippen LogP contribution in [0.2, 0.25) is 0 Å². The van der Waals surface area contributed by atoms with Crippen LogP contribution in [-0.4, -0.2) is 17.0 Å². The maximum absolute atomic E-state index is 12.4. The Morgan fingerprint density at radius 2 is 2.26 bits per heavy atom. The molecule has 1 aliphatic carbocycles. The van der Waals surface area contributed by atoms with Gasteiger partial charge in [-0.1, -0.05) is 34.1 Å². The molecule has 0 spiro atoms. The Balaban J connectivity index is 2.18. The summed E-state index contributed by atoms with van der Waals surface area (Å²) in [6, 6.07) is 7.31. The third-order valence-corrected chi connectivity index (χ3v) is 4.00. The third kappa shape index (κ3) is 2.58. The molecule has 0 heterocycles. The zero-order chi connectivity index (χ0) is 14.0. The first-order valence-electron chi connectivity index (χ1n) is 6.03. The fraction of sp³-hybridized carbons (Fsp3) is 0.385. The van der Waals surface area contributed by atoms with E-state index in [0.717, 1.165) is 4.47 Å². The van der Waals surface area contributed by atoms with Crippen LogP contribution in [0.3, 0.4) is 0 Å². The summed E-state index contributed by atoms with van der Waals surface area (Å²) in [5.74, 6) is 0.158. The molecule has 0 aromatic heterocycles. The van der Waals surface area contributed by atoms with Crippen LogP contribution in [0, 0.1) is 11.3 Å². The molecular weight excluding hydrogens is 310 g/mol. The number of rotatable bonds is 3. The molecule has 1 aromatic carbocycles. The van der Waals surface area contributed by atoms with Gasteiger partial charge in [-0.05, 0) is 37.0 Å². The largest absolute Gasteiger partial charge is 0.409 e. The van der Waals surface area contributed by atoms with Gasteiger partial charge in [0.1, 0.15) is 5.41 Å². The number of nitrogens with two attached hydrogens (primary N) is 1. The van der Waals surface area contributed by atoms with Crippen molar-refractivity contribution in [2.45, 2.75) is 19.8 Å². The lowest BCUT2D eigenvalue weighted by atomic mass is 9.61. The van der Waals surface area contributed by atoms with Gasteiger partial charge in [-0.25, -0.2) is 0 Å². The zero-order valence-electron chi connectivity index (χ0n) is 10.6. The molecule has 0 saturated heterocycles. The van der Waals surface area contributed by atoms with Crippen LogP contribution in [0.5, 0.6) is 0 Å². The molecule has 5 nitrogen and oxygen atoms in total. The van der Waals surface area contributed by atoms with E-state index in [2.05, 4.69) is 26.4 Å². The van der Waals surface area contributed by atoms with Gasteiger partial charge in [-0.15, -0.1) is 0 Å². The molecule has 1 amide bonds. The van der Waals surface area contributed by atoms with Crippen LogP contribution >= 0.6 is 15.9 Å². The SMILES string of the molecule is CC1CC(C(=O)Nc2cccc(Br)c2)(/C(N)=N/O)C1. The number of carbonyl (C=O) groups excluding carboxylic acids is 1. The highest BCUT2D eigenvalue weighted by atomic mass is 79.9. The van der Waals surface area contributed by atoms with Gasteiger partial charge in [0.15, 0.2) is 5.84 Å². The Morgan fingerprint density at radius 3 is 2.79 bits per heavy atom. The lowest BCUT2D eigenvalue weighted by molar-refractivity contribution is -0.127. The molecular formula is C13H16BrN3O2. The summed E-state index contributed by atoms with van der Waals surface area (Å²) in [7, 11) is 0. The van der Waals surface area contributed by atoms with E-state index in [4.69, 9.17) is 10.9 Å². The van der Waals surface area contributed by atoms with E-state index < -0.39 is 5.41 Å². The second-order valence-corrected chi connectivity index (χ2v) is 5.96. The molecule has 0 bridgehead atoms. The fourth-order valence-electron chi connectivity index (χ4n) is 2.55. The van der Waals surface area contributed by atoms with Gasteiger partial charge in [0, 0.05) is 10.2 Å². The van der Waals surface area contributed by atoms with Gasteiger partial charge >= 0.3 is 0 Å². The van der Waals surface area contributed by atoms with Gasteiger partial charge < -0.3 is 16.3 Å². The van der Waals surface area contributed by atoms with Crippen molar-refractivity contribution in [2.75, 3.05) is 5.32 Å². The number of hydrogen-bond acceptors (Lipinski definition) is 3. The minimum atomic E-state index is -0.878. The molecule has 1 fully saturated rings. The molecule has 2 rings (SSSR count).